The molecule has 0 aliphatic heterocycles. The Morgan fingerprint density at radius 3 is 2.53 bits per heavy atom. The third-order valence-corrected chi connectivity index (χ3v) is 3.61. The standard InChI is InChI=1S/C14H18ClNO3/c1-5-14(15,13(18)19-4)12(17)16(3)11-8-6-7-10(2)9-11/h6-9H,5H2,1-4H3. The minimum absolute atomic E-state index is 0.163. The van der Waals surface area contributed by atoms with Crippen LogP contribution in [0.25, 0.3) is 0 Å². The van der Waals surface area contributed by atoms with Crippen LogP contribution >= 0.6 is 11.6 Å². The van der Waals surface area contributed by atoms with Crippen molar-refractivity contribution in [1.82, 2.24) is 0 Å². The number of esters is 1. The molecule has 0 heterocycles. The predicted molar refractivity (Wildman–Crippen MR) is 75.5 cm³/mol. The van der Waals surface area contributed by atoms with Gasteiger partial charge in [-0.1, -0.05) is 30.7 Å². The van der Waals surface area contributed by atoms with Crippen LogP contribution in [-0.4, -0.2) is 30.9 Å². The number of anilines is 1. The zero-order valence-electron chi connectivity index (χ0n) is 11.6. The van der Waals surface area contributed by atoms with Gasteiger partial charge in [-0.3, -0.25) is 4.79 Å². The number of hydrogen-bond donors (Lipinski definition) is 0. The molecule has 1 unspecified atom stereocenters. The molecule has 0 saturated heterocycles. The second kappa shape index (κ2) is 6.06. The zero-order chi connectivity index (χ0) is 14.6. The fourth-order valence-electron chi connectivity index (χ4n) is 1.76. The minimum atomic E-state index is -1.67. The van der Waals surface area contributed by atoms with Crippen molar-refractivity contribution in [2.75, 3.05) is 19.1 Å². The first-order valence-corrected chi connectivity index (χ1v) is 6.36. The van der Waals surface area contributed by atoms with Gasteiger partial charge < -0.3 is 9.64 Å². The number of methoxy groups -OCH3 is 1. The second-order valence-corrected chi connectivity index (χ2v) is 4.99. The van der Waals surface area contributed by atoms with Crippen LogP contribution in [0, 0.1) is 6.92 Å². The summed E-state index contributed by atoms with van der Waals surface area (Å²) >= 11 is 6.14. The number of carbonyl (C=O) groups excluding carboxylic acids is 2. The summed E-state index contributed by atoms with van der Waals surface area (Å²) < 4.78 is 4.62. The van der Waals surface area contributed by atoms with Crippen molar-refractivity contribution in [2.45, 2.75) is 25.1 Å². The van der Waals surface area contributed by atoms with Gasteiger partial charge in [0.15, 0.2) is 0 Å². The highest BCUT2D eigenvalue weighted by Crippen LogP contribution is 2.27. The summed E-state index contributed by atoms with van der Waals surface area (Å²) in [7, 11) is 2.81. The summed E-state index contributed by atoms with van der Waals surface area (Å²) in [6.07, 6.45) is 0.163. The van der Waals surface area contributed by atoms with Gasteiger partial charge >= 0.3 is 5.97 Å². The molecular weight excluding hydrogens is 266 g/mol. The summed E-state index contributed by atoms with van der Waals surface area (Å²) in [6.45, 7) is 3.60. The van der Waals surface area contributed by atoms with Gasteiger partial charge in [-0.2, -0.15) is 0 Å². The molecule has 0 aliphatic carbocycles. The number of carbonyl (C=O) groups is 2. The number of rotatable bonds is 4. The van der Waals surface area contributed by atoms with Gasteiger partial charge in [-0.05, 0) is 31.0 Å². The molecule has 4 nitrogen and oxygen atoms in total. The lowest BCUT2D eigenvalue weighted by atomic mass is 10.0. The third kappa shape index (κ3) is 3.07. The molecule has 0 spiro atoms. The van der Waals surface area contributed by atoms with E-state index in [1.54, 1.807) is 20.0 Å². The lowest BCUT2D eigenvalue weighted by Crippen LogP contribution is -2.49. The highest BCUT2D eigenvalue weighted by atomic mass is 35.5. The van der Waals surface area contributed by atoms with Crippen LogP contribution in [0.5, 0.6) is 0 Å². The Kier molecular flexibility index (Phi) is 4.95. The molecular formula is C14H18ClNO3. The molecule has 1 rings (SSSR count). The highest BCUT2D eigenvalue weighted by molar-refractivity contribution is 6.47. The number of aryl methyl sites for hydroxylation is 1. The van der Waals surface area contributed by atoms with E-state index in [1.165, 1.54) is 12.0 Å². The van der Waals surface area contributed by atoms with Crippen LogP contribution < -0.4 is 4.90 Å². The van der Waals surface area contributed by atoms with Gasteiger partial charge in [0.2, 0.25) is 4.87 Å². The van der Waals surface area contributed by atoms with Crippen LogP contribution in [0.15, 0.2) is 24.3 Å². The van der Waals surface area contributed by atoms with Crippen molar-refractivity contribution in [3.63, 3.8) is 0 Å². The molecule has 19 heavy (non-hydrogen) atoms. The van der Waals surface area contributed by atoms with Crippen LogP contribution in [0.4, 0.5) is 5.69 Å². The van der Waals surface area contributed by atoms with E-state index in [-0.39, 0.29) is 6.42 Å². The maximum atomic E-state index is 12.4. The molecule has 1 aromatic carbocycles. The van der Waals surface area contributed by atoms with Crippen molar-refractivity contribution >= 4 is 29.2 Å². The van der Waals surface area contributed by atoms with E-state index in [0.29, 0.717) is 5.69 Å². The molecule has 0 aromatic heterocycles. The maximum Gasteiger partial charge on any atom is 0.336 e. The van der Waals surface area contributed by atoms with Crippen molar-refractivity contribution in [3.8, 4) is 0 Å². The van der Waals surface area contributed by atoms with E-state index in [1.807, 2.05) is 25.1 Å². The fourth-order valence-corrected chi connectivity index (χ4v) is 1.97. The van der Waals surface area contributed by atoms with Gasteiger partial charge in [0.25, 0.3) is 5.91 Å². The normalized spacial score (nSPS) is 13.5. The zero-order valence-corrected chi connectivity index (χ0v) is 12.3. The van der Waals surface area contributed by atoms with E-state index < -0.39 is 16.8 Å². The Hall–Kier alpha value is -1.55. The number of nitrogens with zero attached hydrogens (tertiary/aromatic N) is 1. The van der Waals surface area contributed by atoms with E-state index in [4.69, 9.17) is 11.6 Å². The molecule has 0 fully saturated rings. The van der Waals surface area contributed by atoms with Gasteiger partial charge in [0, 0.05) is 12.7 Å². The number of halogens is 1. The number of alkyl halides is 1. The van der Waals surface area contributed by atoms with Crippen molar-refractivity contribution in [2.24, 2.45) is 0 Å². The Morgan fingerprint density at radius 1 is 1.42 bits per heavy atom. The summed E-state index contributed by atoms with van der Waals surface area (Å²) in [6, 6.07) is 7.40. The number of amides is 1. The predicted octanol–water partition coefficient (Wildman–Crippen LogP) is 2.52. The summed E-state index contributed by atoms with van der Waals surface area (Å²) in [4.78, 5) is 23.8. The van der Waals surface area contributed by atoms with Gasteiger partial charge in [-0.15, -0.1) is 0 Å². The first kappa shape index (κ1) is 15.5. The molecule has 1 atom stereocenters. The summed E-state index contributed by atoms with van der Waals surface area (Å²) in [5, 5.41) is 0. The van der Waals surface area contributed by atoms with Gasteiger partial charge in [0.1, 0.15) is 0 Å². The molecule has 0 bridgehead atoms. The van der Waals surface area contributed by atoms with Crippen molar-refractivity contribution in [1.29, 1.82) is 0 Å². The summed E-state index contributed by atoms with van der Waals surface area (Å²) in [5.74, 6) is -1.23. The maximum absolute atomic E-state index is 12.4. The van der Waals surface area contributed by atoms with Crippen molar-refractivity contribution in [3.05, 3.63) is 29.8 Å². The quantitative estimate of drug-likeness (QED) is 0.485. The fraction of sp³-hybridized carbons (Fsp3) is 0.429. The molecule has 104 valence electrons. The van der Waals surface area contributed by atoms with Crippen LogP contribution in [-0.2, 0) is 14.3 Å². The van der Waals surface area contributed by atoms with Gasteiger partial charge in [0.05, 0.1) is 7.11 Å². The Morgan fingerprint density at radius 2 is 2.05 bits per heavy atom. The third-order valence-electron chi connectivity index (χ3n) is 3.03. The van der Waals surface area contributed by atoms with Crippen LogP contribution in [0.2, 0.25) is 0 Å². The molecule has 0 radical (unpaired) electrons. The lowest BCUT2D eigenvalue weighted by Gasteiger charge is -2.27. The largest absolute Gasteiger partial charge is 0.467 e. The number of ether oxygens (including phenoxy) is 1. The topological polar surface area (TPSA) is 46.6 Å². The first-order valence-electron chi connectivity index (χ1n) is 5.99. The molecule has 5 heteroatoms. The summed E-state index contributed by atoms with van der Waals surface area (Å²) in [5.41, 5.74) is 1.71. The van der Waals surface area contributed by atoms with Crippen molar-refractivity contribution < 1.29 is 14.3 Å². The SMILES string of the molecule is CCC(Cl)(C(=O)OC)C(=O)N(C)c1cccc(C)c1. The minimum Gasteiger partial charge on any atom is -0.467 e. The molecule has 0 aliphatic rings. The van der Waals surface area contributed by atoms with E-state index in [0.717, 1.165) is 5.56 Å². The Bertz CT molecular complexity index is 489. The van der Waals surface area contributed by atoms with Crippen LogP contribution in [0.3, 0.4) is 0 Å². The first-order chi connectivity index (χ1) is 8.86. The molecule has 1 amide bonds. The highest BCUT2D eigenvalue weighted by Gasteiger charge is 2.45. The monoisotopic (exact) mass is 283 g/mol. The molecule has 1 aromatic rings. The number of hydrogen-bond acceptors (Lipinski definition) is 3. The van der Waals surface area contributed by atoms with E-state index >= 15 is 0 Å². The Balaban J connectivity index is 3.08. The lowest BCUT2D eigenvalue weighted by molar-refractivity contribution is -0.147. The molecule has 0 N–H and O–H groups in total. The average Bonchev–Trinajstić information content (AvgIpc) is 2.43. The molecule has 0 saturated carbocycles. The van der Waals surface area contributed by atoms with Gasteiger partial charge in [-0.25, -0.2) is 4.79 Å². The Labute approximate surface area is 118 Å². The van der Waals surface area contributed by atoms with E-state index in [2.05, 4.69) is 4.74 Å². The average molecular weight is 284 g/mol. The van der Waals surface area contributed by atoms with E-state index in [9.17, 15) is 9.59 Å². The smallest absolute Gasteiger partial charge is 0.336 e. The second-order valence-electron chi connectivity index (χ2n) is 4.35. The number of benzene rings is 1. The van der Waals surface area contributed by atoms with Crippen LogP contribution in [0.1, 0.15) is 18.9 Å².